The van der Waals surface area contributed by atoms with Crippen molar-refractivity contribution in [2.75, 3.05) is 7.11 Å². The van der Waals surface area contributed by atoms with Crippen LogP contribution in [0.25, 0.3) is 0 Å². The second kappa shape index (κ2) is 6.65. The highest BCUT2D eigenvalue weighted by Crippen LogP contribution is 2.23. The van der Waals surface area contributed by atoms with Gasteiger partial charge in [-0.05, 0) is 52.1 Å². The molecule has 0 fully saturated rings. The van der Waals surface area contributed by atoms with E-state index >= 15 is 0 Å². The number of rotatable bonds is 8. The second-order valence-corrected chi connectivity index (χ2v) is 18.4. The Hall–Kier alpha value is 0.571. The third-order valence-electron chi connectivity index (χ3n) is 3.34. The molecule has 104 valence electrons. The van der Waals surface area contributed by atoms with E-state index in [0.29, 0.717) is 0 Å². The zero-order valence-electron chi connectivity index (χ0n) is 13.1. The second-order valence-electron chi connectivity index (χ2n) is 6.84. The summed E-state index contributed by atoms with van der Waals surface area (Å²) in [6.07, 6.45) is 1.17. The summed E-state index contributed by atoms with van der Waals surface area (Å²) in [6.45, 7) is 16.1. The van der Waals surface area contributed by atoms with E-state index in [1.54, 1.807) is 0 Å². The lowest BCUT2D eigenvalue weighted by Crippen LogP contribution is -2.45. The lowest BCUT2D eigenvalue weighted by Gasteiger charge is -2.36. The number of hydrogen-bond donors (Lipinski definition) is 0. The fraction of sp³-hybridized carbons (Fsp3) is 1.00. The van der Waals surface area contributed by atoms with Crippen molar-refractivity contribution < 1.29 is 8.85 Å². The molecule has 0 aromatic heterocycles. The molecule has 0 heterocycles. The van der Waals surface area contributed by atoms with Crippen LogP contribution in [0.4, 0.5) is 0 Å². The van der Waals surface area contributed by atoms with Crippen molar-refractivity contribution in [3.63, 3.8) is 0 Å². The van der Waals surface area contributed by atoms with Crippen molar-refractivity contribution in [1.29, 1.82) is 0 Å². The first-order valence-corrected chi connectivity index (χ1v) is 15.0. The molecule has 1 unspecified atom stereocenters. The van der Waals surface area contributed by atoms with Crippen LogP contribution in [0.1, 0.15) is 20.3 Å². The Balaban J connectivity index is 4.22. The zero-order chi connectivity index (χ0) is 13.7. The van der Waals surface area contributed by atoms with Crippen LogP contribution in [0.15, 0.2) is 0 Å². The van der Waals surface area contributed by atoms with Crippen LogP contribution < -0.4 is 0 Å². The molecule has 1 atom stereocenters. The number of hydrogen-bond acceptors (Lipinski definition) is 2. The molecular weight excluding hydrogens is 260 g/mol. The normalized spacial score (nSPS) is 17.6. The SMILES string of the molecule is CCC(C)(O[Si](C)(C)C)[SiH2]CC[Si](C)(C)OC. The fourth-order valence-electron chi connectivity index (χ4n) is 2.03. The lowest BCUT2D eigenvalue weighted by molar-refractivity contribution is 0.160. The molecule has 0 bridgehead atoms. The molecule has 17 heavy (non-hydrogen) atoms. The van der Waals surface area contributed by atoms with Crippen LogP contribution >= 0.6 is 0 Å². The van der Waals surface area contributed by atoms with Gasteiger partial charge in [-0.1, -0.05) is 13.0 Å². The van der Waals surface area contributed by atoms with Gasteiger partial charge in [0.15, 0.2) is 16.6 Å². The van der Waals surface area contributed by atoms with Gasteiger partial charge in [-0.3, -0.25) is 0 Å². The van der Waals surface area contributed by atoms with Gasteiger partial charge in [-0.2, -0.15) is 0 Å². The molecule has 0 saturated carbocycles. The monoisotopic (exact) mass is 292 g/mol. The van der Waals surface area contributed by atoms with Gasteiger partial charge in [0.2, 0.25) is 0 Å². The van der Waals surface area contributed by atoms with E-state index in [0.717, 1.165) is 0 Å². The Morgan fingerprint density at radius 3 is 2.00 bits per heavy atom. The molecule has 0 amide bonds. The van der Waals surface area contributed by atoms with E-state index in [1.807, 2.05) is 7.11 Å². The molecule has 0 aliphatic carbocycles. The molecule has 0 rings (SSSR count). The third kappa shape index (κ3) is 8.31. The predicted octanol–water partition coefficient (Wildman–Crippen LogP) is 3.40. The Labute approximate surface area is 113 Å². The molecule has 0 aliphatic rings. The molecule has 2 nitrogen and oxygen atoms in total. The molecule has 0 aliphatic heterocycles. The molecule has 0 aromatic rings. The van der Waals surface area contributed by atoms with Crippen LogP contribution in [0.2, 0.25) is 44.8 Å². The lowest BCUT2D eigenvalue weighted by atomic mass is 10.3. The summed E-state index contributed by atoms with van der Waals surface area (Å²) in [6, 6.07) is 2.66. The van der Waals surface area contributed by atoms with Crippen LogP contribution in [0.5, 0.6) is 0 Å². The van der Waals surface area contributed by atoms with Gasteiger partial charge >= 0.3 is 0 Å². The third-order valence-corrected chi connectivity index (χ3v) is 10.5. The predicted molar refractivity (Wildman–Crippen MR) is 85.8 cm³/mol. The summed E-state index contributed by atoms with van der Waals surface area (Å²) < 4.78 is 12.0. The van der Waals surface area contributed by atoms with Gasteiger partial charge in [0.25, 0.3) is 0 Å². The largest absolute Gasteiger partial charge is 0.420 e. The van der Waals surface area contributed by atoms with Gasteiger partial charge in [-0.25, -0.2) is 0 Å². The van der Waals surface area contributed by atoms with E-state index in [4.69, 9.17) is 8.85 Å². The first-order valence-electron chi connectivity index (χ1n) is 6.79. The van der Waals surface area contributed by atoms with Crippen LogP contribution in [-0.2, 0) is 8.85 Å². The maximum Gasteiger partial charge on any atom is 0.185 e. The van der Waals surface area contributed by atoms with Crippen molar-refractivity contribution in [2.24, 2.45) is 0 Å². The average Bonchev–Trinajstić information content (AvgIpc) is 2.15. The Morgan fingerprint density at radius 1 is 1.12 bits per heavy atom. The smallest absolute Gasteiger partial charge is 0.185 e. The van der Waals surface area contributed by atoms with Crippen LogP contribution in [0.3, 0.4) is 0 Å². The summed E-state index contributed by atoms with van der Waals surface area (Å²) in [5.74, 6) is 0. The standard InChI is InChI=1S/C12H32O2Si3/c1-9-12(2,14-16(4,5)6)15-10-11-17(7,8)13-3/h9-11,15H2,1-8H3. The zero-order valence-corrected chi connectivity index (χ0v) is 16.6. The summed E-state index contributed by atoms with van der Waals surface area (Å²) in [7, 11) is -1.07. The fourth-order valence-corrected chi connectivity index (χ4v) is 10.8. The minimum absolute atomic E-state index is 0.173. The Morgan fingerprint density at radius 2 is 1.65 bits per heavy atom. The minimum atomic E-state index is -1.40. The first-order chi connectivity index (χ1) is 7.54. The summed E-state index contributed by atoms with van der Waals surface area (Å²) in [5.41, 5.74) is 0. The molecule has 0 spiro atoms. The van der Waals surface area contributed by atoms with Crippen molar-refractivity contribution in [1.82, 2.24) is 0 Å². The first kappa shape index (κ1) is 17.6. The minimum Gasteiger partial charge on any atom is -0.420 e. The van der Waals surface area contributed by atoms with Crippen molar-refractivity contribution in [3.8, 4) is 0 Å². The van der Waals surface area contributed by atoms with E-state index < -0.39 is 16.6 Å². The van der Waals surface area contributed by atoms with Crippen LogP contribution in [0, 0.1) is 0 Å². The molecular formula is C12H32O2Si3. The van der Waals surface area contributed by atoms with Gasteiger partial charge in [0, 0.05) is 12.3 Å². The molecule has 0 aromatic carbocycles. The Kier molecular flexibility index (Phi) is 6.88. The summed E-state index contributed by atoms with van der Waals surface area (Å²) in [5, 5.41) is 0.211. The maximum absolute atomic E-state index is 6.40. The van der Waals surface area contributed by atoms with Gasteiger partial charge in [0.05, 0.1) is 9.52 Å². The van der Waals surface area contributed by atoms with Gasteiger partial charge in [0.1, 0.15) is 0 Å². The maximum atomic E-state index is 6.40. The summed E-state index contributed by atoms with van der Waals surface area (Å²) >= 11 is 0. The van der Waals surface area contributed by atoms with Gasteiger partial charge in [-0.15, -0.1) is 0 Å². The van der Waals surface area contributed by atoms with E-state index in [2.05, 4.69) is 46.6 Å². The average molecular weight is 293 g/mol. The molecule has 0 radical (unpaired) electrons. The van der Waals surface area contributed by atoms with E-state index in [9.17, 15) is 0 Å². The van der Waals surface area contributed by atoms with Crippen molar-refractivity contribution in [2.45, 2.75) is 70.3 Å². The van der Waals surface area contributed by atoms with Gasteiger partial charge < -0.3 is 8.85 Å². The highest BCUT2D eigenvalue weighted by molar-refractivity contribution is 6.72. The molecule has 0 saturated heterocycles. The Bertz CT molecular complexity index is 226. The van der Waals surface area contributed by atoms with E-state index in [1.165, 1.54) is 18.5 Å². The van der Waals surface area contributed by atoms with E-state index in [-0.39, 0.29) is 14.7 Å². The topological polar surface area (TPSA) is 18.5 Å². The summed E-state index contributed by atoms with van der Waals surface area (Å²) in [4.78, 5) is 0. The van der Waals surface area contributed by atoms with Crippen molar-refractivity contribution >= 4 is 26.2 Å². The van der Waals surface area contributed by atoms with Crippen LogP contribution in [-0.4, -0.2) is 38.5 Å². The highest BCUT2D eigenvalue weighted by Gasteiger charge is 2.31. The highest BCUT2D eigenvalue weighted by atomic mass is 28.4. The molecule has 5 heteroatoms. The van der Waals surface area contributed by atoms with Crippen molar-refractivity contribution in [3.05, 3.63) is 0 Å². The quantitative estimate of drug-likeness (QED) is 0.638. The molecule has 0 N–H and O–H groups in total.